The first-order valence-corrected chi connectivity index (χ1v) is 8.54. The highest BCUT2D eigenvalue weighted by molar-refractivity contribution is 5.08. The van der Waals surface area contributed by atoms with Crippen LogP contribution in [-0.2, 0) is 19.1 Å². The first-order valence-electron chi connectivity index (χ1n) is 8.54. The molecule has 5 heteroatoms. The van der Waals surface area contributed by atoms with Crippen LogP contribution >= 0.6 is 0 Å². The molecule has 2 aliphatic heterocycles. The minimum Gasteiger partial charge on any atom is -0.355 e. The van der Waals surface area contributed by atoms with Crippen LogP contribution in [0.1, 0.15) is 53.4 Å². The highest BCUT2D eigenvalue weighted by Crippen LogP contribution is 2.57. The van der Waals surface area contributed by atoms with Crippen LogP contribution in [0.4, 0.5) is 0 Å². The summed E-state index contributed by atoms with van der Waals surface area (Å²) in [6.07, 6.45) is 3.16. The maximum Gasteiger partial charge on any atom is 0.193 e. The fraction of sp³-hybridized carbons (Fsp3) is 1.00. The van der Waals surface area contributed by atoms with Gasteiger partial charge >= 0.3 is 0 Å². The summed E-state index contributed by atoms with van der Waals surface area (Å²) in [5.41, 5.74) is -1.07. The highest BCUT2D eigenvalue weighted by atomic mass is 17.1. The Morgan fingerprint density at radius 2 is 1.82 bits per heavy atom. The van der Waals surface area contributed by atoms with Crippen LogP contribution in [-0.4, -0.2) is 36.1 Å². The molecule has 2 unspecified atom stereocenters. The van der Waals surface area contributed by atoms with E-state index in [0.29, 0.717) is 5.92 Å². The molecule has 0 aromatic rings. The Bertz CT molecular complexity index is 412. The van der Waals surface area contributed by atoms with Gasteiger partial charge in [-0.2, -0.15) is 0 Å². The van der Waals surface area contributed by atoms with Crippen LogP contribution in [0.25, 0.3) is 0 Å². The van der Waals surface area contributed by atoms with Crippen molar-refractivity contribution in [2.75, 3.05) is 7.11 Å². The van der Waals surface area contributed by atoms with E-state index >= 15 is 0 Å². The van der Waals surface area contributed by atoms with Crippen molar-refractivity contribution in [2.24, 2.45) is 23.7 Å². The smallest absolute Gasteiger partial charge is 0.193 e. The Balaban J connectivity index is 2.06. The van der Waals surface area contributed by atoms with Crippen LogP contribution in [0.15, 0.2) is 0 Å². The summed E-state index contributed by atoms with van der Waals surface area (Å²) in [5.74, 6) is 1.06. The van der Waals surface area contributed by atoms with E-state index in [9.17, 15) is 5.26 Å². The fourth-order valence-corrected chi connectivity index (χ4v) is 5.08. The molecule has 1 aliphatic carbocycles. The summed E-state index contributed by atoms with van der Waals surface area (Å²) in [4.78, 5) is 5.25. The monoisotopic (exact) mass is 314 g/mol. The molecule has 0 aromatic carbocycles. The lowest BCUT2D eigenvalue weighted by Crippen LogP contribution is -2.67. The molecular weight excluding hydrogens is 284 g/mol. The van der Waals surface area contributed by atoms with E-state index in [-0.39, 0.29) is 29.6 Å². The minimum absolute atomic E-state index is 0.160. The predicted octanol–water partition coefficient (Wildman–Crippen LogP) is 3.43. The summed E-state index contributed by atoms with van der Waals surface area (Å²) in [5, 5.41) is 9.97. The van der Waals surface area contributed by atoms with Crippen molar-refractivity contribution in [1.82, 2.24) is 0 Å². The standard InChI is InChI=1S/C17H30O5/c1-10-6-7-13-11(2)14(19-5)20-15-17(13,22-18)12(10)8-9-16(3,4)21-15/h10-15,18H,6-9H2,1-5H3/t10-,11-,12?,13?,14+,15-,17-/m1/s1. The van der Waals surface area contributed by atoms with Crippen molar-refractivity contribution in [3.63, 3.8) is 0 Å². The quantitative estimate of drug-likeness (QED) is 0.625. The summed E-state index contributed by atoms with van der Waals surface area (Å²) in [6.45, 7) is 8.54. The van der Waals surface area contributed by atoms with E-state index in [1.807, 2.05) is 0 Å². The second-order valence-electron chi connectivity index (χ2n) is 8.06. The van der Waals surface area contributed by atoms with Crippen molar-refractivity contribution in [1.29, 1.82) is 0 Å². The lowest BCUT2D eigenvalue weighted by atomic mass is 9.58. The lowest BCUT2D eigenvalue weighted by Gasteiger charge is -2.57. The summed E-state index contributed by atoms with van der Waals surface area (Å²) >= 11 is 0. The van der Waals surface area contributed by atoms with Gasteiger partial charge in [-0.05, 0) is 51.4 Å². The zero-order chi connectivity index (χ0) is 16.1. The Morgan fingerprint density at radius 1 is 1.09 bits per heavy atom. The molecule has 0 amide bonds. The lowest BCUT2D eigenvalue weighted by molar-refractivity contribution is -0.462. The third-order valence-electron chi connectivity index (χ3n) is 6.34. The topological polar surface area (TPSA) is 57.2 Å². The molecule has 0 spiro atoms. The molecular formula is C17H30O5. The van der Waals surface area contributed by atoms with Crippen LogP contribution < -0.4 is 0 Å². The van der Waals surface area contributed by atoms with Crippen molar-refractivity contribution in [3.8, 4) is 0 Å². The summed E-state index contributed by atoms with van der Waals surface area (Å²) < 4.78 is 17.9. The molecule has 2 heterocycles. The number of hydrogen-bond acceptors (Lipinski definition) is 5. The molecule has 5 nitrogen and oxygen atoms in total. The van der Waals surface area contributed by atoms with E-state index in [4.69, 9.17) is 19.1 Å². The third kappa shape index (κ3) is 2.33. The summed E-state index contributed by atoms with van der Waals surface area (Å²) in [7, 11) is 1.67. The molecule has 1 saturated carbocycles. The van der Waals surface area contributed by atoms with Gasteiger partial charge in [-0.15, -0.1) is 0 Å². The fourth-order valence-electron chi connectivity index (χ4n) is 5.08. The van der Waals surface area contributed by atoms with E-state index in [0.717, 1.165) is 25.7 Å². The van der Waals surface area contributed by atoms with Gasteiger partial charge in [0.25, 0.3) is 0 Å². The first kappa shape index (κ1) is 16.7. The van der Waals surface area contributed by atoms with E-state index in [1.165, 1.54) is 0 Å². The third-order valence-corrected chi connectivity index (χ3v) is 6.34. The summed E-state index contributed by atoms with van der Waals surface area (Å²) in [6, 6.07) is 0. The maximum atomic E-state index is 9.97. The van der Waals surface area contributed by atoms with E-state index in [2.05, 4.69) is 27.7 Å². The average Bonchev–Trinajstić information content (AvgIpc) is 2.59. The number of rotatable bonds is 2. The second kappa shape index (κ2) is 5.71. The van der Waals surface area contributed by atoms with Crippen molar-refractivity contribution >= 4 is 0 Å². The molecule has 3 rings (SSSR count). The molecule has 1 N–H and O–H groups in total. The number of methoxy groups -OCH3 is 1. The molecule has 3 fully saturated rings. The Morgan fingerprint density at radius 3 is 2.45 bits per heavy atom. The van der Waals surface area contributed by atoms with Crippen LogP contribution in [0.5, 0.6) is 0 Å². The molecule has 0 aromatic heterocycles. The van der Waals surface area contributed by atoms with Gasteiger partial charge in [0.15, 0.2) is 18.2 Å². The second-order valence-corrected chi connectivity index (χ2v) is 8.06. The van der Waals surface area contributed by atoms with Crippen molar-refractivity contribution in [3.05, 3.63) is 0 Å². The van der Waals surface area contributed by atoms with Gasteiger partial charge < -0.3 is 14.2 Å². The molecule has 22 heavy (non-hydrogen) atoms. The van der Waals surface area contributed by atoms with Gasteiger partial charge in [0.05, 0.1) is 5.60 Å². The molecule has 0 radical (unpaired) electrons. The SMILES string of the molecule is CO[C@H]1O[C@@H]2OC(C)(C)CCC3[C@H](C)CCC([C@H]1C)[C@]32OO. The van der Waals surface area contributed by atoms with Gasteiger partial charge in [0.2, 0.25) is 0 Å². The Kier molecular flexibility index (Phi) is 4.32. The zero-order valence-corrected chi connectivity index (χ0v) is 14.4. The van der Waals surface area contributed by atoms with Crippen LogP contribution in [0.3, 0.4) is 0 Å². The van der Waals surface area contributed by atoms with Crippen LogP contribution in [0, 0.1) is 23.7 Å². The largest absolute Gasteiger partial charge is 0.355 e. The first-order chi connectivity index (χ1) is 10.4. The minimum atomic E-state index is -0.778. The Labute approximate surface area is 133 Å². The van der Waals surface area contributed by atoms with Gasteiger partial charge in [0.1, 0.15) is 0 Å². The van der Waals surface area contributed by atoms with Crippen LogP contribution in [0.2, 0.25) is 0 Å². The van der Waals surface area contributed by atoms with Gasteiger partial charge in [-0.1, -0.05) is 13.8 Å². The average molecular weight is 314 g/mol. The van der Waals surface area contributed by atoms with Crippen molar-refractivity contribution in [2.45, 2.75) is 77.2 Å². The van der Waals surface area contributed by atoms with E-state index < -0.39 is 11.9 Å². The van der Waals surface area contributed by atoms with Gasteiger partial charge in [0, 0.05) is 18.9 Å². The molecule has 0 bridgehead atoms. The normalized spacial score (nSPS) is 51.0. The van der Waals surface area contributed by atoms with E-state index in [1.54, 1.807) is 7.11 Å². The molecule has 3 aliphatic rings. The zero-order valence-electron chi connectivity index (χ0n) is 14.4. The maximum absolute atomic E-state index is 9.97. The number of ether oxygens (including phenoxy) is 3. The van der Waals surface area contributed by atoms with Gasteiger partial charge in [-0.3, -0.25) is 5.26 Å². The molecule has 2 saturated heterocycles. The highest BCUT2D eigenvalue weighted by Gasteiger charge is 2.65. The Hall–Kier alpha value is -0.200. The number of hydrogen-bond donors (Lipinski definition) is 1. The molecule has 128 valence electrons. The van der Waals surface area contributed by atoms with Gasteiger partial charge in [-0.25, -0.2) is 4.89 Å². The molecule has 7 atom stereocenters. The predicted molar refractivity (Wildman–Crippen MR) is 81.1 cm³/mol. The van der Waals surface area contributed by atoms with Crippen molar-refractivity contribution < 1.29 is 24.4 Å².